The molecule has 6 heteroatoms. The SMILES string of the molecule is Cc1ccc(CC(=O)Nc2cccc(S(=O)(=O)N(C)C)c2)cc1C. The van der Waals surface area contributed by atoms with E-state index in [0.29, 0.717) is 5.69 Å². The summed E-state index contributed by atoms with van der Waals surface area (Å²) >= 11 is 0. The molecule has 0 heterocycles. The molecule has 0 spiro atoms. The molecule has 0 aliphatic rings. The minimum absolute atomic E-state index is 0.150. The van der Waals surface area contributed by atoms with E-state index in [2.05, 4.69) is 5.32 Å². The van der Waals surface area contributed by atoms with Crippen LogP contribution in [0.25, 0.3) is 0 Å². The molecule has 0 saturated heterocycles. The summed E-state index contributed by atoms with van der Waals surface area (Å²) in [5, 5.41) is 2.75. The molecular weight excluding hydrogens is 324 g/mol. The Kier molecular flexibility index (Phi) is 5.41. The van der Waals surface area contributed by atoms with E-state index < -0.39 is 10.0 Å². The van der Waals surface area contributed by atoms with Crippen LogP contribution in [0.3, 0.4) is 0 Å². The number of rotatable bonds is 5. The van der Waals surface area contributed by atoms with Gasteiger partial charge in [-0.2, -0.15) is 0 Å². The minimum Gasteiger partial charge on any atom is -0.326 e. The van der Waals surface area contributed by atoms with Crippen LogP contribution in [-0.2, 0) is 21.2 Å². The fraction of sp³-hybridized carbons (Fsp3) is 0.278. The summed E-state index contributed by atoms with van der Waals surface area (Å²) in [6.45, 7) is 4.03. The molecule has 0 fully saturated rings. The van der Waals surface area contributed by atoms with Gasteiger partial charge in [0.2, 0.25) is 15.9 Å². The van der Waals surface area contributed by atoms with Gasteiger partial charge in [0, 0.05) is 19.8 Å². The van der Waals surface area contributed by atoms with E-state index in [4.69, 9.17) is 0 Å². The molecule has 5 nitrogen and oxygen atoms in total. The topological polar surface area (TPSA) is 66.5 Å². The highest BCUT2D eigenvalue weighted by Gasteiger charge is 2.17. The maximum atomic E-state index is 12.2. The second kappa shape index (κ2) is 7.15. The molecule has 0 aliphatic heterocycles. The lowest BCUT2D eigenvalue weighted by atomic mass is 10.0. The van der Waals surface area contributed by atoms with E-state index in [-0.39, 0.29) is 17.2 Å². The van der Waals surface area contributed by atoms with Gasteiger partial charge in [-0.05, 0) is 48.7 Å². The first-order chi connectivity index (χ1) is 11.2. The summed E-state index contributed by atoms with van der Waals surface area (Å²) < 4.78 is 25.4. The monoisotopic (exact) mass is 346 g/mol. The molecule has 0 aromatic heterocycles. The fourth-order valence-electron chi connectivity index (χ4n) is 2.25. The molecule has 0 unspecified atom stereocenters. The van der Waals surface area contributed by atoms with Gasteiger partial charge in [-0.1, -0.05) is 24.3 Å². The third-order valence-corrected chi connectivity index (χ3v) is 5.64. The number of carbonyl (C=O) groups is 1. The lowest BCUT2D eigenvalue weighted by molar-refractivity contribution is -0.115. The summed E-state index contributed by atoms with van der Waals surface area (Å²) in [7, 11) is -0.577. The number of nitrogens with one attached hydrogen (secondary N) is 1. The lowest BCUT2D eigenvalue weighted by Crippen LogP contribution is -2.22. The third kappa shape index (κ3) is 4.21. The zero-order valence-electron chi connectivity index (χ0n) is 14.3. The average Bonchev–Trinajstić information content (AvgIpc) is 2.51. The Labute approximate surface area is 143 Å². The van der Waals surface area contributed by atoms with Crippen LogP contribution in [0, 0.1) is 13.8 Å². The summed E-state index contributed by atoms with van der Waals surface area (Å²) in [4.78, 5) is 12.4. The molecule has 2 rings (SSSR count). The van der Waals surface area contributed by atoms with E-state index in [9.17, 15) is 13.2 Å². The number of carbonyl (C=O) groups excluding carboxylic acids is 1. The van der Waals surface area contributed by atoms with Crippen molar-refractivity contribution in [3.8, 4) is 0 Å². The van der Waals surface area contributed by atoms with Gasteiger partial charge < -0.3 is 5.32 Å². The van der Waals surface area contributed by atoms with Crippen molar-refractivity contribution in [2.45, 2.75) is 25.2 Å². The van der Waals surface area contributed by atoms with Crippen molar-refractivity contribution in [2.75, 3.05) is 19.4 Å². The Balaban J connectivity index is 2.13. The van der Waals surface area contributed by atoms with Crippen LogP contribution < -0.4 is 5.32 Å². The van der Waals surface area contributed by atoms with Crippen molar-refractivity contribution < 1.29 is 13.2 Å². The largest absolute Gasteiger partial charge is 0.326 e. The molecule has 2 aromatic carbocycles. The van der Waals surface area contributed by atoms with Crippen molar-refractivity contribution in [1.82, 2.24) is 4.31 Å². The normalized spacial score (nSPS) is 11.5. The van der Waals surface area contributed by atoms with Crippen molar-refractivity contribution in [3.05, 3.63) is 59.2 Å². The summed E-state index contributed by atoms with van der Waals surface area (Å²) in [6, 6.07) is 12.2. The molecule has 128 valence electrons. The number of amides is 1. The highest BCUT2D eigenvalue weighted by molar-refractivity contribution is 7.89. The number of benzene rings is 2. The minimum atomic E-state index is -3.52. The first-order valence-corrected chi connectivity index (χ1v) is 9.03. The van der Waals surface area contributed by atoms with Gasteiger partial charge in [0.15, 0.2) is 0 Å². The maximum absolute atomic E-state index is 12.2. The van der Waals surface area contributed by atoms with E-state index >= 15 is 0 Å². The van der Waals surface area contributed by atoms with Crippen LogP contribution >= 0.6 is 0 Å². The number of anilines is 1. The molecule has 0 radical (unpaired) electrons. The Bertz CT molecular complexity index is 858. The van der Waals surface area contributed by atoms with Crippen LogP contribution in [0.2, 0.25) is 0 Å². The van der Waals surface area contributed by atoms with Gasteiger partial charge in [0.1, 0.15) is 0 Å². The summed E-state index contributed by atoms with van der Waals surface area (Å²) in [5.74, 6) is -0.183. The van der Waals surface area contributed by atoms with Crippen LogP contribution in [0.1, 0.15) is 16.7 Å². The molecule has 0 saturated carbocycles. The lowest BCUT2D eigenvalue weighted by Gasteiger charge is -2.13. The zero-order chi connectivity index (χ0) is 17.9. The highest BCUT2D eigenvalue weighted by atomic mass is 32.2. The molecule has 0 aliphatic carbocycles. The molecular formula is C18H22N2O3S. The Morgan fingerprint density at radius 1 is 1.04 bits per heavy atom. The second-order valence-corrected chi connectivity index (χ2v) is 8.11. The highest BCUT2D eigenvalue weighted by Crippen LogP contribution is 2.18. The molecule has 24 heavy (non-hydrogen) atoms. The maximum Gasteiger partial charge on any atom is 0.242 e. The van der Waals surface area contributed by atoms with Gasteiger partial charge in [0.25, 0.3) is 0 Å². The third-order valence-electron chi connectivity index (χ3n) is 3.83. The fourth-order valence-corrected chi connectivity index (χ4v) is 3.20. The van der Waals surface area contributed by atoms with Gasteiger partial charge in [-0.3, -0.25) is 4.79 Å². The molecule has 0 atom stereocenters. The Morgan fingerprint density at radius 2 is 1.75 bits per heavy atom. The van der Waals surface area contributed by atoms with E-state index in [1.807, 2.05) is 32.0 Å². The number of sulfonamides is 1. The first kappa shape index (κ1) is 18.2. The van der Waals surface area contributed by atoms with Gasteiger partial charge >= 0.3 is 0 Å². The van der Waals surface area contributed by atoms with Crippen LogP contribution in [0.4, 0.5) is 5.69 Å². The van der Waals surface area contributed by atoms with Gasteiger partial charge in [-0.15, -0.1) is 0 Å². The predicted molar refractivity (Wildman–Crippen MR) is 95.6 cm³/mol. The first-order valence-electron chi connectivity index (χ1n) is 7.59. The number of hydrogen-bond acceptors (Lipinski definition) is 3. The van der Waals surface area contributed by atoms with Gasteiger partial charge in [0.05, 0.1) is 11.3 Å². The zero-order valence-corrected chi connectivity index (χ0v) is 15.1. The number of hydrogen-bond donors (Lipinski definition) is 1. The molecule has 2 aromatic rings. The van der Waals surface area contributed by atoms with Crippen molar-refractivity contribution in [2.24, 2.45) is 0 Å². The van der Waals surface area contributed by atoms with E-state index in [1.54, 1.807) is 12.1 Å². The second-order valence-electron chi connectivity index (χ2n) is 5.96. The predicted octanol–water partition coefficient (Wildman–Crippen LogP) is 2.73. The number of aryl methyl sites for hydroxylation is 2. The summed E-state index contributed by atoms with van der Waals surface area (Å²) in [6.07, 6.45) is 0.242. The molecule has 1 amide bonds. The van der Waals surface area contributed by atoms with Crippen LogP contribution in [0.5, 0.6) is 0 Å². The average molecular weight is 346 g/mol. The van der Waals surface area contributed by atoms with Crippen LogP contribution in [0.15, 0.2) is 47.4 Å². The molecule has 0 bridgehead atoms. The summed E-state index contributed by atoms with van der Waals surface area (Å²) in [5.41, 5.74) is 3.71. The van der Waals surface area contributed by atoms with Gasteiger partial charge in [-0.25, -0.2) is 12.7 Å². The van der Waals surface area contributed by atoms with Crippen LogP contribution in [-0.4, -0.2) is 32.7 Å². The van der Waals surface area contributed by atoms with E-state index in [0.717, 1.165) is 15.4 Å². The quantitative estimate of drug-likeness (QED) is 0.905. The Hall–Kier alpha value is -2.18. The molecule has 1 N–H and O–H groups in total. The smallest absolute Gasteiger partial charge is 0.242 e. The van der Waals surface area contributed by atoms with Crippen molar-refractivity contribution in [3.63, 3.8) is 0 Å². The van der Waals surface area contributed by atoms with Crippen molar-refractivity contribution >= 4 is 21.6 Å². The number of nitrogens with zero attached hydrogens (tertiary/aromatic N) is 1. The van der Waals surface area contributed by atoms with E-state index in [1.165, 1.54) is 31.8 Å². The Morgan fingerprint density at radius 3 is 2.38 bits per heavy atom. The van der Waals surface area contributed by atoms with Crippen molar-refractivity contribution in [1.29, 1.82) is 0 Å². The standard InChI is InChI=1S/C18H22N2O3S/c1-13-8-9-15(10-14(13)2)11-18(21)19-16-6-5-7-17(12-16)24(22,23)20(3)4/h5-10,12H,11H2,1-4H3,(H,19,21).